The van der Waals surface area contributed by atoms with Crippen LogP contribution >= 0.6 is 11.6 Å². The Bertz CT molecular complexity index is 1090. The molecule has 0 radical (unpaired) electrons. The zero-order valence-corrected chi connectivity index (χ0v) is 20.8. The van der Waals surface area contributed by atoms with Crippen molar-refractivity contribution in [2.45, 2.75) is 44.2 Å². The predicted molar refractivity (Wildman–Crippen MR) is 130 cm³/mol. The third kappa shape index (κ3) is 5.22. The van der Waals surface area contributed by atoms with Crippen molar-refractivity contribution in [1.82, 2.24) is 10.2 Å². The van der Waals surface area contributed by atoms with Gasteiger partial charge in [-0.05, 0) is 43.0 Å². The zero-order valence-electron chi connectivity index (χ0n) is 20.0. The van der Waals surface area contributed by atoms with Crippen molar-refractivity contribution in [3.05, 3.63) is 59.7 Å². The van der Waals surface area contributed by atoms with E-state index in [1.54, 1.807) is 20.8 Å². The minimum absolute atomic E-state index is 0.0935. The molecule has 1 unspecified atom stereocenters. The van der Waals surface area contributed by atoms with Crippen LogP contribution in [0, 0.1) is 0 Å². The molecule has 1 atom stereocenters. The van der Waals surface area contributed by atoms with Gasteiger partial charge in [-0.3, -0.25) is 0 Å². The number of hydrogen-bond donors (Lipinski definition) is 1. The van der Waals surface area contributed by atoms with E-state index < -0.39 is 29.3 Å². The lowest BCUT2D eigenvalue weighted by atomic mass is 9.98. The average Bonchev–Trinajstić information content (AvgIpc) is 3.37. The van der Waals surface area contributed by atoms with Crippen molar-refractivity contribution in [2.75, 3.05) is 25.8 Å². The Morgan fingerprint density at radius 3 is 2.20 bits per heavy atom. The maximum atomic E-state index is 12.9. The molecule has 2 amide bonds. The highest BCUT2D eigenvalue weighted by molar-refractivity contribution is 6.17. The van der Waals surface area contributed by atoms with E-state index in [1.807, 2.05) is 36.4 Å². The first-order valence-corrected chi connectivity index (χ1v) is 12.0. The number of hydrogen-bond acceptors (Lipinski definition) is 6. The Labute approximate surface area is 209 Å². The Morgan fingerprint density at radius 1 is 1.03 bits per heavy atom. The summed E-state index contributed by atoms with van der Waals surface area (Å²) in [6.07, 6.45) is -1.21. The fourth-order valence-corrected chi connectivity index (χ4v) is 4.73. The Morgan fingerprint density at radius 2 is 1.63 bits per heavy atom. The number of nitrogens with one attached hydrogen (secondary N) is 1. The van der Waals surface area contributed by atoms with Gasteiger partial charge < -0.3 is 24.4 Å². The number of ether oxygens (including phenoxy) is 3. The van der Waals surface area contributed by atoms with Crippen molar-refractivity contribution >= 4 is 29.8 Å². The average molecular weight is 501 g/mol. The van der Waals surface area contributed by atoms with Crippen LogP contribution in [0.2, 0.25) is 0 Å². The van der Waals surface area contributed by atoms with Gasteiger partial charge in [-0.2, -0.15) is 0 Å². The lowest BCUT2D eigenvalue weighted by molar-refractivity contribution is -0.148. The van der Waals surface area contributed by atoms with Gasteiger partial charge in [-0.1, -0.05) is 60.1 Å². The number of nitrogens with zero attached hydrogens (tertiary/aromatic N) is 1. The summed E-state index contributed by atoms with van der Waals surface area (Å²) in [6, 6.07) is 15.6. The van der Waals surface area contributed by atoms with E-state index >= 15 is 0 Å². The molecule has 186 valence electrons. The van der Waals surface area contributed by atoms with E-state index in [0.29, 0.717) is 0 Å². The molecular weight excluding hydrogens is 472 g/mol. The molecule has 1 fully saturated rings. The fourth-order valence-electron chi connectivity index (χ4n) is 4.63. The minimum Gasteiger partial charge on any atom is -0.449 e. The van der Waals surface area contributed by atoms with Gasteiger partial charge in [0.2, 0.25) is 0 Å². The second-order valence-electron chi connectivity index (χ2n) is 9.73. The molecule has 1 N–H and O–H groups in total. The Hall–Kier alpha value is -3.26. The van der Waals surface area contributed by atoms with Crippen LogP contribution in [0.25, 0.3) is 11.1 Å². The molecule has 8 nitrogen and oxygen atoms in total. The number of benzene rings is 2. The lowest BCUT2D eigenvalue weighted by Gasteiger charge is -2.29. The molecule has 0 bridgehead atoms. The third-order valence-corrected chi connectivity index (χ3v) is 6.29. The van der Waals surface area contributed by atoms with Crippen LogP contribution in [0.15, 0.2) is 48.5 Å². The van der Waals surface area contributed by atoms with Crippen LogP contribution in [0.5, 0.6) is 0 Å². The third-order valence-electron chi connectivity index (χ3n) is 6.18. The van der Waals surface area contributed by atoms with E-state index in [0.717, 1.165) is 22.3 Å². The van der Waals surface area contributed by atoms with Gasteiger partial charge >= 0.3 is 18.2 Å². The number of halogens is 1. The SMILES string of the molecule is CC(C)(C)OC(=O)N1CCC(NC(=O)OCC2c3ccccc3-c3ccccc32)(C(=O)OCCl)C1. The first-order valence-electron chi connectivity index (χ1n) is 11.5. The first kappa shape index (κ1) is 24.9. The number of alkyl halides is 1. The Balaban J connectivity index is 1.46. The van der Waals surface area contributed by atoms with Crippen molar-refractivity contribution in [1.29, 1.82) is 0 Å². The topological polar surface area (TPSA) is 94.2 Å². The molecular formula is C26H29ClN2O6. The van der Waals surface area contributed by atoms with Crippen LogP contribution in [0.1, 0.15) is 44.2 Å². The normalized spacial score (nSPS) is 19.0. The molecule has 0 spiro atoms. The highest BCUT2D eigenvalue weighted by Gasteiger charge is 2.50. The van der Waals surface area contributed by atoms with Gasteiger partial charge in [0, 0.05) is 18.9 Å². The quantitative estimate of drug-likeness (QED) is 0.365. The number of fused-ring (bicyclic) bond motifs is 3. The van der Waals surface area contributed by atoms with Gasteiger partial charge in [0.1, 0.15) is 12.2 Å². The van der Waals surface area contributed by atoms with Crippen molar-refractivity contribution in [3.63, 3.8) is 0 Å². The molecule has 9 heteroatoms. The molecule has 1 saturated heterocycles. The highest BCUT2D eigenvalue weighted by Crippen LogP contribution is 2.44. The summed E-state index contributed by atoms with van der Waals surface area (Å²) < 4.78 is 16.0. The fraction of sp³-hybridized carbons (Fsp3) is 0.423. The van der Waals surface area contributed by atoms with E-state index in [1.165, 1.54) is 4.90 Å². The number of rotatable bonds is 5. The van der Waals surface area contributed by atoms with Gasteiger partial charge in [0.25, 0.3) is 0 Å². The predicted octanol–water partition coefficient (Wildman–Crippen LogP) is 4.64. The summed E-state index contributed by atoms with van der Waals surface area (Å²) >= 11 is 5.61. The summed E-state index contributed by atoms with van der Waals surface area (Å²) in [6.45, 7) is 5.45. The van der Waals surface area contributed by atoms with Gasteiger partial charge in [0.15, 0.2) is 11.6 Å². The van der Waals surface area contributed by atoms with E-state index in [9.17, 15) is 14.4 Å². The standard InChI is InChI=1S/C26H29ClN2O6/c1-25(2,3)35-24(32)29-13-12-26(15-29,22(30)34-16-27)28-23(31)33-14-21-19-10-6-4-8-17(19)18-9-5-7-11-20(18)21/h4-11,21H,12-16H2,1-3H3,(H,28,31). The smallest absolute Gasteiger partial charge is 0.410 e. The summed E-state index contributed by atoms with van der Waals surface area (Å²) in [7, 11) is 0. The molecule has 2 aromatic rings. The second kappa shape index (κ2) is 9.77. The number of alkyl carbamates (subject to hydrolysis) is 1. The molecule has 2 aliphatic rings. The maximum absolute atomic E-state index is 12.9. The van der Waals surface area contributed by atoms with Crippen molar-refractivity contribution in [2.24, 2.45) is 0 Å². The van der Waals surface area contributed by atoms with Crippen LogP contribution in [0.3, 0.4) is 0 Å². The van der Waals surface area contributed by atoms with Crippen LogP contribution < -0.4 is 5.32 Å². The van der Waals surface area contributed by atoms with Crippen LogP contribution in [-0.2, 0) is 19.0 Å². The molecule has 1 heterocycles. The lowest BCUT2D eigenvalue weighted by Crippen LogP contribution is -2.57. The van der Waals surface area contributed by atoms with E-state index in [4.69, 9.17) is 25.8 Å². The Kier molecular flexibility index (Phi) is 6.94. The number of likely N-dealkylation sites (tertiary alicyclic amines) is 1. The molecule has 0 saturated carbocycles. The highest BCUT2D eigenvalue weighted by atomic mass is 35.5. The molecule has 1 aliphatic heterocycles. The zero-order chi connectivity index (χ0) is 25.2. The van der Waals surface area contributed by atoms with Gasteiger partial charge in [-0.25, -0.2) is 14.4 Å². The number of carbonyl (C=O) groups is 3. The van der Waals surface area contributed by atoms with Crippen LogP contribution in [-0.4, -0.2) is 60.0 Å². The van der Waals surface area contributed by atoms with E-state index in [2.05, 4.69) is 17.4 Å². The maximum Gasteiger partial charge on any atom is 0.410 e. The van der Waals surface area contributed by atoms with Crippen molar-refractivity contribution in [3.8, 4) is 11.1 Å². The molecule has 0 aromatic heterocycles. The van der Waals surface area contributed by atoms with Gasteiger partial charge in [0.05, 0.1) is 6.54 Å². The largest absolute Gasteiger partial charge is 0.449 e. The monoisotopic (exact) mass is 500 g/mol. The van der Waals surface area contributed by atoms with Gasteiger partial charge in [-0.15, -0.1) is 0 Å². The molecule has 35 heavy (non-hydrogen) atoms. The minimum atomic E-state index is -1.48. The second-order valence-corrected chi connectivity index (χ2v) is 9.94. The first-order chi connectivity index (χ1) is 16.6. The molecule has 1 aliphatic carbocycles. The summed E-state index contributed by atoms with van der Waals surface area (Å²) in [5.41, 5.74) is 2.21. The number of amides is 2. The number of carbonyl (C=O) groups excluding carboxylic acids is 3. The van der Waals surface area contributed by atoms with Crippen molar-refractivity contribution < 1.29 is 28.6 Å². The molecule has 2 aromatic carbocycles. The van der Waals surface area contributed by atoms with Crippen LogP contribution in [0.4, 0.5) is 9.59 Å². The summed E-state index contributed by atoms with van der Waals surface area (Å²) in [5, 5.41) is 2.65. The number of esters is 1. The molecule has 4 rings (SSSR count). The summed E-state index contributed by atoms with van der Waals surface area (Å²) in [4.78, 5) is 39.6. The summed E-state index contributed by atoms with van der Waals surface area (Å²) in [5.74, 6) is -0.854. The van der Waals surface area contributed by atoms with E-state index in [-0.39, 0.29) is 38.1 Å².